The summed E-state index contributed by atoms with van der Waals surface area (Å²) in [5.41, 5.74) is 1.74. The Balaban J connectivity index is 1.30. The molecule has 2 heterocycles. The molecule has 0 aliphatic carbocycles. The van der Waals surface area contributed by atoms with Gasteiger partial charge >= 0.3 is 0 Å². The van der Waals surface area contributed by atoms with Crippen LogP contribution in [0, 0.1) is 11.7 Å². The fourth-order valence-corrected chi connectivity index (χ4v) is 4.20. The van der Waals surface area contributed by atoms with Crippen molar-refractivity contribution in [2.75, 3.05) is 23.3 Å². The molecular formula is C21H20ClFN4OS. The van der Waals surface area contributed by atoms with E-state index in [4.69, 9.17) is 11.6 Å². The Morgan fingerprint density at radius 1 is 1.14 bits per heavy atom. The van der Waals surface area contributed by atoms with Crippen LogP contribution in [0.2, 0.25) is 5.02 Å². The molecule has 1 amide bonds. The first-order chi connectivity index (χ1) is 14.1. The molecule has 3 aromatic rings. The Morgan fingerprint density at radius 2 is 1.83 bits per heavy atom. The molecule has 0 saturated carbocycles. The van der Waals surface area contributed by atoms with Crippen LogP contribution in [0.15, 0.2) is 48.5 Å². The van der Waals surface area contributed by atoms with Crippen molar-refractivity contribution in [1.29, 1.82) is 0 Å². The number of nitrogens with zero attached hydrogens (tertiary/aromatic N) is 3. The van der Waals surface area contributed by atoms with E-state index < -0.39 is 0 Å². The van der Waals surface area contributed by atoms with Gasteiger partial charge in [-0.25, -0.2) is 9.37 Å². The highest BCUT2D eigenvalue weighted by Gasteiger charge is 2.26. The average Bonchev–Trinajstić information content (AvgIpc) is 3.20. The van der Waals surface area contributed by atoms with Gasteiger partial charge in [-0.2, -0.15) is 4.37 Å². The number of carbonyl (C=O) groups excluding carboxylic acids is 1. The Labute approximate surface area is 177 Å². The maximum Gasteiger partial charge on any atom is 0.227 e. The molecular weight excluding hydrogens is 411 g/mol. The first kappa shape index (κ1) is 19.8. The zero-order chi connectivity index (χ0) is 20.2. The molecule has 0 radical (unpaired) electrons. The van der Waals surface area contributed by atoms with Crippen molar-refractivity contribution in [3.05, 3.63) is 70.8 Å². The lowest BCUT2D eigenvalue weighted by Gasteiger charge is -2.30. The maximum atomic E-state index is 13.0. The molecule has 1 N–H and O–H groups in total. The third kappa shape index (κ3) is 5.10. The van der Waals surface area contributed by atoms with Gasteiger partial charge in [0, 0.05) is 47.7 Å². The smallest absolute Gasteiger partial charge is 0.227 e. The summed E-state index contributed by atoms with van der Waals surface area (Å²) in [5.74, 6) is 0.405. The van der Waals surface area contributed by atoms with Crippen molar-refractivity contribution in [2.24, 2.45) is 5.92 Å². The van der Waals surface area contributed by atoms with Gasteiger partial charge in [0.2, 0.25) is 11.0 Å². The van der Waals surface area contributed by atoms with E-state index in [1.807, 2.05) is 24.3 Å². The second-order valence-electron chi connectivity index (χ2n) is 7.05. The van der Waals surface area contributed by atoms with Gasteiger partial charge in [-0.1, -0.05) is 23.7 Å². The third-order valence-corrected chi connectivity index (χ3v) is 6.05. The highest BCUT2D eigenvalue weighted by atomic mass is 35.5. The quantitative estimate of drug-likeness (QED) is 0.633. The number of aromatic nitrogens is 2. The summed E-state index contributed by atoms with van der Waals surface area (Å²) in [6.45, 7) is 1.52. The van der Waals surface area contributed by atoms with Gasteiger partial charge in [-0.15, -0.1) is 0 Å². The molecule has 0 bridgehead atoms. The molecule has 29 heavy (non-hydrogen) atoms. The summed E-state index contributed by atoms with van der Waals surface area (Å²) in [6.07, 6.45) is 2.17. The summed E-state index contributed by atoms with van der Waals surface area (Å²) >= 11 is 7.32. The topological polar surface area (TPSA) is 58.1 Å². The number of amides is 1. The van der Waals surface area contributed by atoms with Crippen LogP contribution in [-0.4, -0.2) is 28.4 Å². The van der Waals surface area contributed by atoms with Gasteiger partial charge in [0.05, 0.1) is 0 Å². The van der Waals surface area contributed by atoms with Crippen molar-refractivity contribution in [3.8, 4) is 0 Å². The minimum Gasteiger partial charge on any atom is -0.347 e. The number of benzene rings is 2. The van der Waals surface area contributed by atoms with Crippen LogP contribution in [0.5, 0.6) is 0 Å². The number of carbonyl (C=O) groups is 1. The molecule has 0 atom stereocenters. The second kappa shape index (κ2) is 8.88. The number of rotatable bonds is 5. The van der Waals surface area contributed by atoms with E-state index in [0.717, 1.165) is 42.5 Å². The zero-order valence-electron chi connectivity index (χ0n) is 15.6. The molecule has 8 heteroatoms. The molecule has 1 aromatic heterocycles. The van der Waals surface area contributed by atoms with E-state index in [0.29, 0.717) is 17.1 Å². The number of piperidine rings is 1. The van der Waals surface area contributed by atoms with Crippen LogP contribution in [0.3, 0.4) is 0 Å². The van der Waals surface area contributed by atoms with E-state index in [1.54, 1.807) is 12.1 Å². The number of halogens is 2. The summed E-state index contributed by atoms with van der Waals surface area (Å²) in [5, 5.41) is 4.48. The predicted octanol–water partition coefficient (Wildman–Crippen LogP) is 4.78. The van der Waals surface area contributed by atoms with Crippen molar-refractivity contribution in [3.63, 3.8) is 0 Å². The van der Waals surface area contributed by atoms with Crippen LogP contribution in [0.4, 0.5) is 15.2 Å². The van der Waals surface area contributed by atoms with E-state index in [2.05, 4.69) is 19.6 Å². The second-order valence-corrected chi connectivity index (χ2v) is 8.22. The summed E-state index contributed by atoms with van der Waals surface area (Å²) < 4.78 is 17.5. The molecule has 1 aliphatic rings. The summed E-state index contributed by atoms with van der Waals surface area (Å²) in [4.78, 5) is 19.3. The van der Waals surface area contributed by atoms with Gasteiger partial charge < -0.3 is 10.2 Å². The van der Waals surface area contributed by atoms with E-state index in [-0.39, 0.29) is 17.6 Å². The lowest BCUT2D eigenvalue weighted by molar-refractivity contribution is -0.120. The van der Waals surface area contributed by atoms with Crippen LogP contribution >= 0.6 is 23.1 Å². The van der Waals surface area contributed by atoms with Gasteiger partial charge in [0.25, 0.3) is 0 Å². The normalized spacial score (nSPS) is 14.8. The highest BCUT2D eigenvalue weighted by Crippen LogP contribution is 2.26. The number of nitrogens with one attached hydrogen (secondary N) is 1. The fraction of sp³-hybridized carbons (Fsp3) is 0.286. The highest BCUT2D eigenvalue weighted by molar-refractivity contribution is 7.09. The van der Waals surface area contributed by atoms with Crippen molar-refractivity contribution < 1.29 is 9.18 Å². The standard InChI is InChI=1S/C21H20ClFN4OS/c22-16-3-1-14(2-4-16)13-19-25-21(29-26-19)27-11-9-15(10-12-27)20(28)24-18-7-5-17(23)6-8-18/h1-8,15H,9-13H2,(H,24,28). The molecule has 150 valence electrons. The zero-order valence-corrected chi connectivity index (χ0v) is 17.2. The molecule has 0 spiro atoms. The van der Waals surface area contributed by atoms with E-state index in [1.165, 1.54) is 23.7 Å². The molecule has 0 unspecified atom stereocenters. The fourth-order valence-electron chi connectivity index (χ4n) is 3.34. The van der Waals surface area contributed by atoms with E-state index >= 15 is 0 Å². The molecule has 1 fully saturated rings. The van der Waals surface area contributed by atoms with Crippen molar-refractivity contribution in [2.45, 2.75) is 19.3 Å². The molecule has 2 aromatic carbocycles. The lowest BCUT2D eigenvalue weighted by atomic mass is 9.96. The largest absolute Gasteiger partial charge is 0.347 e. The first-order valence-corrected chi connectivity index (χ1v) is 10.6. The number of anilines is 2. The van der Waals surface area contributed by atoms with Gasteiger partial charge in [-0.3, -0.25) is 4.79 Å². The van der Waals surface area contributed by atoms with Crippen LogP contribution in [0.25, 0.3) is 0 Å². The van der Waals surface area contributed by atoms with E-state index in [9.17, 15) is 9.18 Å². The Kier molecular flexibility index (Phi) is 6.06. The Bertz CT molecular complexity index is 969. The van der Waals surface area contributed by atoms with Crippen molar-refractivity contribution >= 4 is 39.9 Å². The average molecular weight is 431 g/mol. The lowest BCUT2D eigenvalue weighted by Crippen LogP contribution is -2.38. The first-order valence-electron chi connectivity index (χ1n) is 9.45. The monoisotopic (exact) mass is 430 g/mol. The predicted molar refractivity (Wildman–Crippen MR) is 114 cm³/mol. The van der Waals surface area contributed by atoms with Crippen LogP contribution in [-0.2, 0) is 11.2 Å². The molecule has 5 nitrogen and oxygen atoms in total. The summed E-state index contributed by atoms with van der Waals surface area (Å²) in [6, 6.07) is 13.5. The van der Waals surface area contributed by atoms with Gasteiger partial charge in [0.15, 0.2) is 0 Å². The number of hydrogen-bond acceptors (Lipinski definition) is 5. The van der Waals surface area contributed by atoms with Crippen molar-refractivity contribution in [1.82, 2.24) is 9.36 Å². The minimum absolute atomic E-state index is 0.0167. The maximum absolute atomic E-state index is 13.0. The molecule has 4 rings (SSSR count). The van der Waals surface area contributed by atoms with Crippen LogP contribution < -0.4 is 10.2 Å². The van der Waals surface area contributed by atoms with Crippen LogP contribution in [0.1, 0.15) is 24.2 Å². The molecule has 1 aliphatic heterocycles. The SMILES string of the molecule is O=C(Nc1ccc(F)cc1)C1CCN(c2nc(Cc3ccc(Cl)cc3)ns2)CC1. The minimum atomic E-state index is -0.316. The Morgan fingerprint density at radius 3 is 2.52 bits per heavy atom. The Hall–Kier alpha value is -2.51. The third-order valence-electron chi connectivity index (χ3n) is 4.98. The van der Waals surface area contributed by atoms with Gasteiger partial charge in [0.1, 0.15) is 11.6 Å². The number of hydrogen-bond donors (Lipinski definition) is 1. The van der Waals surface area contributed by atoms with Gasteiger partial charge in [-0.05, 0) is 54.8 Å². The summed E-state index contributed by atoms with van der Waals surface area (Å²) in [7, 11) is 0. The molecule has 1 saturated heterocycles.